The SMILES string of the molecule is O=C(NC1CC1)c1ccc(CN(Cc2ccco2)C(=O)Cn2nc3ccccn3c2=O)cc1. The molecule has 0 spiro atoms. The maximum absolute atomic E-state index is 13.2. The van der Waals surface area contributed by atoms with Crippen LogP contribution in [0.2, 0.25) is 0 Å². The van der Waals surface area contributed by atoms with E-state index in [1.807, 2.05) is 12.1 Å². The van der Waals surface area contributed by atoms with Crippen LogP contribution in [0.25, 0.3) is 5.65 Å². The third kappa shape index (κ3) is 4.72. The van der Waals surface area contributed by atoms with E-state index in [1.165, 1.54) is 4.40 Å². The predicted molar refractivity (Wildman–Crippen MR) is 119 cm³/mol. The first-order chi connectivity index (χ1) is 16.1. The topological polar surface area (TPSA) is 102 Å². The van der Waals surface area contributed by atoms with Crippen LogP contribution in [-0.2, 0) is 24.4 Å². The Balaban J connectivity index is 1.33. The first kappa shape index (κ1) is 20.7. The molecule has 1 aliphatic carbocycles. The van der Waals surface area contributed by atoms with Gasteiger partial charge >= 0.3 is 5.69 Å². The number of carbonyl (C=O) groups is 2. The van der Waals surface area contributed by atoms with Crippen molar-refractivity contribution in [1.29, 1.82) is 0 Å². The molecule has 1 fully saturated rings. The number of pyridine rings is 1. The summed E-state index contributed by atoms with van der Waals surface area (Å²) in [5, 5.41) is 7.21. The van der Waals surface area contributed by atoms with Crippen LogP contribution in [0.5, 0.6) is 0 Å². The Morgan fingerprint density at radius 1 is 1.06 bits per heavy atom. The molecule has 0 radical (unpaired) electrons. The van der Waals surface area contributed by atoms with E-state index in [-0.39, 0.29) is 30.6 Å². The second kappa shape index (κ2) is 8.78. The molecule has 0 aliphatic heterocycles. The quantitative estimate of drug-likeness (QED) is 0.448. The van der Waals surface area contributed by atoms with Gasteiger partial charge in [0.25, 0.3) is 5.91 Å². The largest absolute Gasteiger partial charge is 0.467 e. The third-order valence-electron chi connectivity index (χ3n) is 5.56. The molecule has 1 aliphatic rings. The van der Waals surface area contributed by atoms with Gasteiger partial charge in [-0.3, -0.25) is 14.0 Å². The average Bonchev–Trinajstić information content (AvgIpc) is 3.38. The second-order valence-corrected chi connectivity index (χ2v) is 8.14. The van der Waals surface area contributed by atoms with E-state index < -0.39 is 0 Å². The molecule has 1 saturated carbocycles. The van der Waals surface area contributed by atoms with Crippen LogP contribution in [0, 0.1) is 0 Å². The zero-order chi connectivity index (χ0) is 22.8. The molecule has 1 N–H and O–H groups in total. The van der Waals surface area contributed by atoms with E-state index in [0.29, 0.717) is 29.6 Å². The average molecular weight is 445 g/mol. The van der Waals surface area contributed by atoms with Gasteiger partial charge in [0.2, 0.25) is 5.91 Å². The van der Waals surface area contributed by atoms with Crippen molar-refractivity contribution in [1.82, 2.24) is 24.4 Å². The highest BCUT2D eigenvalue weighted by molar-refractivity contribution is 5.94. The molecule has 0 atom stereocenters. The number of fused-ring (bicyclic) bond motifs is 1. The summed E-state index contributed by atoms with van der Waals surface area (Å²) >= 11 is 0. The van der Waals surface area contributed by atoms with Crippen molar-refractivity contribution in [2.45, 2.75) is 38.5 Å². The first-order valence-corrected chi connectivity index (χ1v) is 10.8. The van der Waals surface area contributed by atoms with Gasteiger partial charge in [0, 0.05) is 24.3 Å². The normalized spacial score (nSPS) is 13.2. The number of rotatable bonds is 8. The Hall–Kier alpha value is -4.14. The van der Waals surface area contributed by atoms with Crippen molar-refractivity contribution in [2.24, 2.45) is 0 Å². The van der Waals surface area contributed by atoms with Gasteiger partial charge in [-0.25, -0.2) is 9.48 Å². The van der Waals surface area contributed by atoms with Crippen LogP contribution in [0.15, 0.2) is 76.3 Å². The van der Waals surface area contributed by atoms with Crippen molar-refractivity contribution < 1.29 is 14.0 Å². The lowest BCUT2D eigenvalue weighted by molar-refractivity contribution is -0.133. The number of nitrogens with zero attached hydrogens (tertiary/aromatic N) is 4. The number of nitrogens with one attached hydrogen (secondary N) is 1. The maximum Gasteiger partial charge on any atom is 0.350 e. The molecule has 3 aromatic heterocycles. The Kier molecular flexibility index (Phi) is 5.52. The predicted octanol–water partition coefficient (Wildman–Crippen LogP) is 2.21. The van der Waals surface area contributed by atoms with E-state index in [0.717, 1.165) is 23.1 Å². The molecule has 3 heterocycles. The molecule has 0 saturated heterocycles. The molecular formula is C24H23N5O4. The summed E-state index contributed by atoms with van der Waals surface area (Å²) in [7, 11) is 0. The van der Waals surface area contributed by atoms with Crippen LogP contribution < -0.4 is 11.0 Å². The first-order valence-electron chi connectivity index (χ1n) is 10.8. The highest BCUT2D eigenvalue weighted by Gasteiger charge is 2.24. The number of benzene rings is 1. The van der Waals surface area contributed by atoms with E-state index in [1.54, 1.807) is 59.8 Å². The fraction of sp³-hybridized carbons (Fsp3) is 0.250. The summed E-state index contributed by atoms with van der Waals surface area (Å²) in [6.07, 6.45) is 5.23. The molecule has 2 amide bonds. The molecule has 4 aromatic rings. The lowest BCUT2D eigenvalue weighted by Crippen LogP contribution is -2.36. The minimum atomic E-state index is -0.372. The molecule has 33 heavy (non-hydrogen) atoms. The molecule has 0 bridgehead atoms. The monoisotopic (exact) mass is 445 g/mol. The molecular weight excluding hydrogens is 422 g/mol. The van der Waals surface area contributed by atoms with Crippen molar-refractivity contribution in [3.8, 4) is 0 Å². The van der Waals surface area contributed by atoms with Crippen LogP contribution in [-0.4, -0.2) is 36.9 Å². The van der Waals surface area contributed by atoms with Gasteiger partial charge in [0.05, 0.1) is 12.8 Å². The third-order valence-corrected chi connectivity index (χ3v) is 5.56. The lowest BCUT2D eigenvalue weighted by Gasteiger charge is -2.22. The van der Waals surface area contributed by atoms with E-state index in [2.05, 4.69) is 10.4 Å². The molecule has 9 heteroatoms. The maximum atomic E-state index is 13.2. The van der Waals surface area contributed by atoms with Gasteiger partial charge in [-0.2, -0.15) is 0 Å². The summed E-state index contributed by atoms with van der Waals surface area (Å²) in [5.74, 6) is 0.275. The van der Waals surface area contributed by atoms with Crippen molar-refractivity contribution in [3.05, 3.63) is 94.4 Å². The van der Waals surface area contributed by atoms with Gasteiger partial charge < -0.3 is 14.6 Å². The number of carbonyl (C=O) groups excluding carboxylic acids is 2. The van der Waals surface area contributed by atoms with E-state index in [4.69, 9.17) is 4.42 Å². The second-order valence-electron chi connectivity index (χ2n) is 8.14. The van der Waals surface area contributed by atoms with Crippen LogP contribution in [0.4, 0.5) is 0 Å². The van der Waals surface area contributed by atoms with Gasteiger partial charge in [0.15, 0.2) is 5.65 Å². The van der Waals surface area contributed by atoms with Crippen molar-refractivity contribution in [2.75, 3.05) is 0 Å². The molecule has 1 aromatic carbocycles. The number of aromatic nitrogens is 3. The molecule has 168 valence electrons. The number of amides is 2. The van der Waals surface area contributed by atoms with E-state index >= 15 is 0 Å². The Labute approximate surface area is 189 Å². The minimum Gasteiger partial charge on any atom is -0.467 e. The summed E-state index contributed by atoms with van der Waals surface area (Å²) in [5.41, 5.74) is 1.56. The standard InChI is InChI=1S/C24H23N5O4/c30-22(16-29-24(32)28-12-2-1-5-21(28)26-29)27(15-20-4-3-13-33-20)14-17-6-8-18(9-7-17)23(31)25-19-10-11-19/h1-9,12-13,19H,10-11,14-16H2,(H,25,31). The number of hydrogen-bond acceptors (Lipinski definition) is 5. The van der Waals surface area contributed by atoms with Gasteiger partial charge in [-0.1, -0.05) is 18.2 Å². The van der Waals surface area contributed by atoms with Gasteiger partial charge in [-0.15, -0.1) is 5.10 Å². The number of hydrogen-bond donors (Lipinski definition) is 1. The van der Waals surface area contributed by atoms with Gasteiger partial charge in [0.1, 0.15) is 12.3 Å². The lowest BCUT2D eigenvalue weighted by atomic mass is 10.1. The van der Waals surface area contributed by atoms with Gasteiger partial charge in [-0.05, 0) is 54.8 Å². The smallest absolute Gasteiger partial charge is 0.350 e. The van der Waals surface area contributed by atoms with Crippen LogP contribution >= 0.6 is 0 Å². The summed E-state index contributed by atoms with van der Waals surface area (Å²) in [6.45, 7) is 0.354. The zero-order valence-corrected chi connectivity index (χ0v) is 17.9. The van der Waals surface area contributed by atoms with Crippen molar-refractivity contribution in [3.63, 3.8) is 0 Å². The Morgan fingerprint density at radius 3 is 2.58 bits per heavy atom. The van der Waals surface area contributed by atoms with E-state index in [9.17, 15) is 14.4 Å². The molecule has 9 nitrogen and oxygen atoms in total. The summed E-state index contributed by atoms with van der Waals surface area (Å²) in [4.78, 5) is 39.6. The highest BCUT2D eigenvalue weighted by Crippen LogP contribution is 2.19. The van der Waals surface area contributed by atoms with Crippen molar-refractivity contribution >= 4 is 17.5 Å². The summed E-state index contributed by atoms with van der Waals surface area (Å²) in [6, 6.07) is 16.3. The molecule has 0 unspecified atom stereocenters. The number of furan rings is 1. The Morgan fingerprint density at radius 2 is 1.88 bits per heavy atom. The minimum absolute atomic E-state index is 0.0845. The highest BCUT2D eigenvalue weighted by atomic mass is 16.3. The zero-order valence-electron chi connectivity index (χ0n) is 17.9. The fourth-order valence-corrected chi connectivity index (χ4v) is 3.60. The summed E-state index contributed by atoms with van der Waals surface area (Å²) < 4.78 is 8.00. The van der Waals surface area contributed by atoms with Crippen LogP contribution in [0.3, 0.4) is 0 Å². The van der Waals surface area contributed by atoms with Crippen LogP contribution in [0.1, 0.15) is 34.5 Å². The molecule has 5 rings (SSSR count). The Bertz CT molecular complexity index is 1330. The fourth-order valence-electron chi connectivity index (χ4n) is 3.60.